The lowest BCUT2D eigenvalue weighted by Crippen LogP contribution is -1.98. The number of hydrogen-bond acceptors (Lipinski definition) is 2. The van der Waals surface area contributed by atoms with Crippen molar-refractivity contribution < 1.29 is 0 Å². The van der Waals surface area contributed by atoms with Gasteiger partial charge >= 0.3 is 0 Å². The average molecular weight is 171 g/mol. The van der Waals surface area contributed by atoms with Crippen molar-refractivity contribution in [2.45, 2.75) is 20.3 Å². The zero-order valence-electron chi connectivity index (χ0n) is 6.71. The third kappa shape index (κ3) is 2.85. The van der Waals surface area contributed by atoms with Gasteiger partial charge in [-0.25, -0.2) is 0 Å². The smallest absolute Gasteiger partial charge is 0.0682 e. The molecule has 1 aromatic rings. The summed E-state index contributed by atoms with van der Waals surface area (Å²) in [5, 5.41) is 8.36. The molecule has 0 fully saturated rings. The Morgan fingerprint density at radius 2 is 2.27 bits per heavy atom. The van der Waals surface area contributed by atoms with E-state index in [4.69, 9.17) is 11.6 Å². The van der Waals surface area contributed by atoms with Crippen molar-refractivity contribution >= 4 is 11.6 Å². The van der Waals surface area contributed by atoms with Crippen LogP contribution in [0.4, 0.5) is 0 Å². The van der Waals surface area contributed by atoms with Gasteiger partial charge in [-0.3, -0.25) is 0 Å². The summed E-state index contributed by atoms with van der Waals surface area (Å²) in [6.45, 7) is 4.28. The van der Waals surface area contributed by atoms with Gasteiger partial charge in [-0.15, -0.1) is 0 Å². The number of nitrogens with zero attached hydrogens (tertiary/aromatic N) is 2. The number of rotatable bonds is 2. The second kappa shape index (κ2) is 3.67. The predicted molar refractivity (Wildman–Crippen MR) is 45.6 cm³/mol. The van der Waals surface area contributed by atoms with Crippen molar-refractivity contribution in [3.8, 4) is 0 Å². The fraction of sp³-hybridized carbons (Fsp3) is 0.500. The van der Waals surface area contributed by atoms with Gasteiger partial charge in [0, 0.05) is 0 Å². The van der Waals surface area contributed by atoms with Crippen molar-refractivity contribution in [1.29, 1.82) is 0 Å². The first-order chi connectivity index (χ1) is 5.18. The van der Waals surface area contributed by atoms with Crippen LogP contribution >= 0.6 is 11.6 Å². The molecular weight excluding hydrogens is 160 g/mol. The molecule has 2 nitrogen and oxygen atoms in total. The maximum absolute atomic E-state index is 5.73. The lowest BCUT2D eigenvalue weighted by molar-refractivity contribution is 0.628. The first-order valence-electron chi connectivity index (χ1n) is 3.65. The summed E-state index contributed by atoms with van der Waals surface area (Å²) >= 11 is 5.73. The Balaban J connectivity index is 2.71. The van der Waals surface area contributed by atoms with Gasteiger partial charge in [0.25, 0.3) is 0 Å². The molecule has 0 aliphatic carbocycles. The van der Waals surface area contributed by atoms with Crippen LogP contribution in [0.15, 0.2) is 12.3 Å². The third-order valence-electron chi connectivity index (χ3n) is 1.29. The molecule has 0 aromatic carbocycles. The maximum atomic E-state index is 5.73. The summed E-state index contributed by atoms with van der Waals surface area (Å²) in [4.78, 5) is 0. The van der Waals surface area contributed by atoms with Gasteiger partial charge in [0.1, 0.15) is 0 Å². The van der Waals surface area contributed by atoms with E-state index < -0.39 is 0 Å². The molecule has 0 amide bonds. The van der Waals surface area contributed by atoms with Crippen LogP contribution < -0.4 is 0 Å². The molecule has 60 valence electrons. The van der Waals surface area contributed by atoms with Crippen LogP contribution in [0.1, 0.15) is 19.5 Å². The second-order valence-corrected chi connectivity index (χ2v) is 3.40. The van der Waals surface area contributed by atoms with Crippen LogP contribution in [0.5, 0.6) is 0 Å². The summed E-state index contributed by atoms with van der Waals surface area (Å²) in [5.41, 5.74) is 0.965. The molecule has 11 heavy (non-hydrogen) atoms. The Hall–Kier alpha value is -0.630. The van der Waals surface area contributed by atoms with E-state index >= 15 is 0 Å². The summed E-state index contributed by atoms with van der Waals surface area (Å²) in [7, 11) is 0. The molecule has 0 aliphatic heterocycles. The monoisotopic (exact) mass is 170 g/mol. The van der Waals surface area contributed by atoms with Crippen LogP contribution in [0.2, 0.25) is 5.02 Å². The van der Waals surface area contributed by atoms with Crippen LogP contribution in [0.3, 0.4) is 0 Å². The molecule has 1 rings (SSSR count). The van der Waals surface area contributed by atoms with Crippen molar-refractivity contribution in [1.82, 2.24) is 10.2 Å². The van der Waals surface area contributed by atoms with Crippen LogP contribution in [0.25, 0.3) is 0 Å². The third-order valence-corrected chi connectivity index (χ3v) is 1.50. The summed E-state index contributed by atoms with van der Waals surface area (Å²) in [5.74, 6) is 0.600. The maximum Gasteiger partial charge on any atom is 0.0682 e. The minimum absolute atomic E-state index is 0.600. The Kier molecular flexibility index (Phi) is 2.83. The Labute approximate surface area is 71.6 Å². The molecule has 0 radical (unpaired) electrons. The van der Waals surface area contributed by atoms with E-state index in [-0.39, 0.29) is 0 Å². The topological polar surface area (TPSA) is 25.8 Å². The molecular formula is C8H11ClN2. The highest BCUT2D eigenvalue weighted by Gasteiger charge is 1.99. The summed E-state index contributed by atoms with van der Waals surface area (Å²) in [6.07, 6.45) is 2.49. The lowest BCUT2D eigenvalue weighted by Gasteiger charge is -2.01. The predicted octanol–water partition coefficient (Wildman–Crippen LogP) is 2.33. The Bertz CT molecular complexity index is 235. The second-order valence-electron chi connectivity index (χ2n) is 2.96. The number of hydrogen-bond donors (Lipinski definition) is 0. The van der Waals surface area contributed by atoms with Crippen LogP contribution in [0, 0.1) is 5.92 Å². The summed E-state index contributed by atoms with van der Waals surface area (Å²) in [6, 6.07) is 1.86. The van der Waals surface area contributed by atoms with Crippen molar-refractivity contribution in [3.05, 3.63) is 23.0 Å². The van der Waals surface area contributed by atoms with Gasteiger partial charge in [0.05, 0.1) is 16.9 Å². The van der Waals surface area contributed by atoms with E-state index in [1.165, 1.54) is 0 Å². The molecule has 0 N–H and O–H groups in total. The SMILES string of the molecule is CC(C)Cc1cc(Cl)cnn1. The number of aromatic nitrogens is 2. The number of halogens is 1. The molecule has 0 bridgehead atoms. The standard InChI is InChI=1S/C8H11ClN2/c1-6(2)3-8-4-7(9)5-10-11-8/h4-6H,3H2,1-2H3. The molecule has 0 saturated carbocycles. The molecule has 3 heteroatoms. The van der Waals surface area contributed by atoms with Crippen molar-refractivity contribution in [2.24, 2.45) is 5.92 Å². The van der Waals surface area contributed by atoms with Gasteiger partial charge in [0.15, 0.2) is 0 Å². The normalized spacial score (nSPS) is 10.5. The van der Waals surface area contributed by atoms with E-state index in [1.54, 1.807) is 6.20 Å². The Morgan fingerprint density at radius 1 is 1.55 bits per heavy atom. The summed E-state index contributed by atoms with van der Waals surface area (Å²) < 4.78 is 0. The highest BCUT2D eigenvalue weighted by molar-refractivity contribution is 6.30. The molecule has 1 aromatic heterocycles. The van der Waals surface area contributed by atoms with E-state index in [9.17, 15) is 0 Å². The Morgan fingerprint density at radius 3 is 2.82 bits per heavy atom. The first kappa shape index (κ1) is 8.47. The highest BCUT2D eigenvalue weighted by Crippen LogP contribution is 2.09. The zero-order chi connectivity index (χ0) is 8.27. The lowest BCUT2D eigenvalue weighted by atomic mass is 10.1. The first-order valence-corrected chi connectivity index (χ1v) is 4.03. The van der Waals surface area contributed by atoms with E-state index in [0.717, 1.165) is 12.1 Å². The van der Waals surface area contributed by atoms with Gasteiger partial charge in [0.2, 0.25) is 0 Å². The molecule has 0 saturated heterocycles. The fourth-order valence-electron chi connectivity index (χ4n) is 0.902. The van der Waals surface area contributed by atoms with E-state index in [2.05, 4.69) is 24.0 Å². The molecule has 0 unspecified atom stereocenters. The van der Waals surface area contributed by atoms with Gasteiger partial charge in [-0.05, 0) is 18.4 Å². The fourth-order valence-corrected chi connectivity index (χ4v) is 1.07. The van der Waals surface area contributed by atoms with E-state index in [1.807, 2.05) is 6.07 Å². The van der Waals surface area contributed by atoms with Crippen LogP contribution in [-0.2, 0) is 6.42 Å². The van der Waals surface area contributed by atoms with Gasteiger partial charge in [-0.1, -0.05) is 25.4 Å². The molecule has 0 aliphatic rings. The van der Waals surface area contributed by atoms with Crippen molar-refractivity contribution in [3.63, 3.8) is 0 Å². The van der Waals surface area contributed by atoms with E-state index in [0.29, 0.717) is 10.9 Å². The molecule has 0 atom stereocenters. The zero-order valence-corrected chi connectivity index (χ0v) is 7.47. The van der Waals surface area contributed by atoms with Gasteiger partial charge in [-0.2, -0.15) is 10.2 Å². The minimum atomic E-state index is 0.600. The quantitative estimate of drug-likeness (QED) is 0.681. The highest BCUT2D eigenvalue weighted by atomic mass is 35.5. The average Bonchev–Trinajstić information content (AvgIpc) is 1.85. The van der Waals surface area contributed by atoms with Crippen molar-refractivity contribution in [2.75, 3.05) is 0 Å². The minimum Gasteiger partial charge on any atom is -0.157 e. The van der Waals surface area contributed by atoms with Crippen LogP contribution in [-0.4, -0.2) is 10.2 Å². The molecule has 0 spiro atoms. The molecule has 1 heterocycles. The van der Waals surface area contributed by atoms with Gasteiger partial charge < -0.3 is 0 Å². The largest absolute Gasteiger partial charge is 0.157 e.